The molecule has 8 heteroatoms. The van der Waals surface area contributed by atoms with Crippen molar-refractivity contribution in [3.8, 4) is 11.5 Å². The lowest BCUT2D eigenvalue weighted by Gasteiger charge is -2.37. The Hall–Kier alpha value is -2.45. The van der Waals surface area contributed by atoms with Gasteiger partial charge in [-0.2, -0.15) is 0 Å². The van der Waals surface area contributed by atoms with Gasteiger partial charge in [-0.05, 0) is 47.2 Å². The molecular weight excluding hydrogens is 410 g/mol. The summed E-state index contributed by atoms with van der Waals surface area (Å²) in [4.78, 5) is 11.8. The molecule has 1 saturated heterocycles. The molecule has 0 spiro atoms. The van der Waals surface area contributed by atoms with E-state index in [0.717, 1.165) is 76.2 Å². The van der Waals surface area contributed by atoms with Gasteiger partial charge >= 0.3 is 0 Å². The van der Waals surface area contributed by atoms with Crippen molar-refractivity contribution in [2.45, 2.75) is 13.0 Å². The number of piperazine rings is 1. The largest absolute Gasteiger partial charge is 0.493 e. The van der Waals surface area contributed by atoms with Crippen molar-refractivity contribution >= 4 is 22.3 Å². The van der Waals surface area contributed by atoms with Gasteiger partial charge < -0.3 is 24.6 Å². The Labute approximate surface area is 189 Å². The third-order valence-electron chi connectivity index (χ3n) is 6.12. The molecule has 3 heterocycles. The van der Waals surface area contributed by atoms with Crippen LogP contribution in [0.4, 0.5) is 5.00 Å². The van der Waals surface area contributed by atoms with E-state index in [1.807, 2.05) is 18.4 Å². The van der Waals surface area contributed by atoms with E-state index in [9.17, 15) is 0 Å². The highest BCUT2D eigenvalue weighted by molar-refractivity contribution is 7.14. The van der Waals surface area contributed by atoms with Crippen LogP contribution in [0.2, 0.25) is 0 Å². The van der Waals surface area contributed by atoms with Gasteiger partial charge in [-0.15, -0.1) is 11.3 Å². The van der Waals surface area contributed by atoms with E-state index >= 15 is 0 Å². The Kier molecular flexibility index (Phi) is 7.19. The number of anilines is 1. The van der Waals surface area contributed by atoms with E-state index in [4.69, 9.17) is 9.47 Å². The van der Waals surface area contributed by atoms with E-state index < -0.39 is 0 Å². The zero-order valence-electron chi connectivity index (χ0n) is 18.8. The lowest BCUT2D eigenvalue weighted by Crippen LogP contribution is -2.53. The zero-order valence-corrected chi connectivity index (χ0v) is 19.6. The number of hydrogen-bond acceptors (Lipinski definition) is 6. The summed E-state index contributed by atoms with van der Waals surface area (Å²) < 4.78 is 10.9. The van der Waals surface area contributed by atoms with E-state index in [-0.39, 0.29) is 0 Å². The quantitative estimate of drug-likeness (QED) is 0.547. The fourth-order valence-corrected chi connectivity index (χ4v) is 5.16. The van der Waals surface area contributed by atoms with Crippen molar-refractivity contribution in [1.29, 1.82) is 0 Å². The molecule has 4 rings (SSSR count). The van der Waals surface area contributed by atoms with E-state index in [2.05, 4.69) is 54.7 Å². The molecule has 0 bridgehead atoms. The predicted octanol–water partition coefficient (Wildman–Crippen LogP) is 2.52. The summed E-state index contributed by atoms with van der Waals surface area (Å²) in [5, 5.41) is 7.08. The average Bonchev–Trinajstić information content (AvgIpc) is 3.36. The fraction of sp³-hybridized carbons (Fsp3) is 0.522. The van der Waals surface area contributed by atoms with Gasteiger partial charge in [0.25, 0.3) is 0 Å². The molecule has 2 aliphatic rings. The van der Waals surface area contributed by atoms with Gasteiger partial charge in [0, 0.05) is 59.4 Å². The molecule has 1 fully saturated rings. The molecule has 0 atom stereocenters. The molecule has 1 N–H and O–H groups in total. The van der Waals surface area contributed by atoms with Crippen LogP contribution in [0.3, 0.4) is 0 Å². The summed E-state index contributed by atoms with van der Waals surface area (Å²) >= 11 is 1.82. The monoisotopic (exact) mass is 443 g/mol. The molecule has 2 aromatic rings. The smallest absolute Gasteiger partial charge is 0.193 e. The van der Waals surface area contributed by atoms with E-state index in [0.29, 0.717) is 0 Å². The first-order chi connectivity index (χ1) is 15.2. The van der Waals surface area contributed by atoms with Crippen molar-refractivity contribution in [2.75, 3.05) is 72.0 Å². The van der Waals surface area contributed by atoms with Crippen LogP contribution in [-0.4, -0.2) is 82.8 Å². The summed E-state index contributed by atoms with van der Waals surface area (Å²) in [6.45, 7) is 7.94. The van der Waals surface area contributed by atoms with Crippen LogP contribution < -0.4 is 19.7 Å². The highest BCUT2D eigenvalue weighted by Crippen LogP contribution is 2.33. The molecule has 1 aromatic carbocycles. The fourth-order valence-electron chi connectivity index (χ4n) is 4.38. The highest BCUT2D eigenvalue weighted by Gasteiger charge is 2.22. The second-order valence-electron chi connectivity index (χ2n) is 7.90. The number of ether oxygens (including phenoxy) is 2. The van der Waals surface area contributed by atoms with Gasteiger partial charge in [0.2, 0.25) is 0 Å². The lowest BCUT2D eigenvalue weighted by molar-refractivity contribution is 0.254. The summed E-state index contributed by atoms with van der Waals surface area (Å²) in [6.07, 6.45) is 1.04. The van der Waals surface area contributed by atoms with Crippen LogP contribution in [0.1, 0.15) is 11.1 Å². The van der Waals surface area contributed by atoms with Crippen LogP contribution in [0.25, 0.3) is 0 Å². The lowest BCUT2D eigenvalue weighted by atomic mass is 9.99. The maximum Gasteiger partial charge on any atom is 0.193 e. The molecule has 0 aliphatic carbocycles. The average molecular weight is 444 g/mol. The molecule has 0 unspecified atom stereocenters. The maximum absolute atomic E-state index is 5.48. The van der Waals surface area contributed by atoms with Gasteiger partial charge in [-0.1, -0.05) is 0 Å². The van der Waals surface area contributed by atoms with Crippen LogP contribution in [0.5, 0.6) is 11.5 Å². The minimum Gasteiger partial charge on any atom is -0.493 e. The van der Waals surface area contributed by atoms with Crippen molar-refractivity contribution in [3.05, 3.63) is 40.8 Å². The van der Waals surface area contributed by atoms with Crippen molar-refractivity contribution in [3.63, 3.8) is 0 Å². The topological polar surface area (TPSA) is 52.6 Å². The molecule has 7 nitrogen and oxygen atoms in total. The maximum atomic E-state index is 5.48. The van der Waals surface area contributed by atoms with Crippen LogP contribution in [0, 0.1) is 0 Å². The van der Waals surface area contributed by atoms with E-state index in [1.165, 1.54) is 16.1 Å². The molecule has 1 aromatic heterocycles. The van der Waals surface area contributed by atoms with Crippen molar-refractivity contribution in [1.82, 2.24) is 15.1 Å². The first-order valence-electron chi connectivity index (χ1n) is 10.9. The number of nitrogens with zero attached hydrogens (tertiary/aromatic N) is 4. The zero-order chi connectivity index (χ0) is 21.6. The second kappa shape index (κ2) is 10.2. The Morgan fingerprint density at radius 3 is 2.45 bits per heavy atom. The van der Waals surface area contributed by atoms with Crippen LogP contribution in [0.15, 0.2) is 34.6 Å². The third-order valence-corrected chi connectivity index (χ3v) is 7.05. The summed E-state index contributed by atoms with van der Waals surface area (Å²) in [7, 11) is 5.27. The summed E-state index contributed by atoms with van der Waals surface area (Å²) in [6, 6.07) is 8.58. The van der Waals surface area contributed by atoms with Gasteiger partial charge in [0.15, 0.2) is 17.5 Å². The molecule has 0 radical (unpaired) electrons. The minimum absolute atomic E-state index is 0.809. The Morgan fingerprint density at radius 2 is 1.81 bits per heavy atom. The number of benzene rings is 1. The SMILES string of the molecule is CN=C(NCCN1CCc2cc(OC)c(OC)cc2C1)N1CCN(c2cccs2)CC1. The molecule has 2 aliphatic heterocycles. The number of hydrogen-bond donors (Lipinski definition) is 1. The molecule has 31 heavy (non-hydrogen) atoms. The third kappa shape index (κ3) is 5.07. The Bertz CT molecular complexity index is 878. The van der Waals surface area contributed by atoms with Crippen molar-refractivity contribution in [2.24, 2.45) is 4.99 Å². The Balaban J connectivity index is 1.25. The standard InChI is InChI=1S/C23H33N5O2S/c1-24-23(28-12-10-27(11-13-28)22-5-4-14-31-22)25-7-9-26-8-6-18-15-20(29-2)21(30-3)16-19(18)17-26/h4-5,14-16H,6-13,17H2,1-3H3,(H,24,25). The number of methoxy groups -OCH3 is 2. The number of guanidine groups is 1. The van der Waals surface area contributed by atoms with Gasteiger partial charge in [-0.3, -0.25) is 9.89 Å². The van der Waals surface area contributed by atoms with Gasteiger partial charge in [-0.25, -0.2) is 0 Å². The van der Waals surface area contributed by atoms with Crippen LogP contribution >= 0.6 is 11.3 Å². The first kappa shape index (κ1) is 21.8. The Morgan fingerprint density at radius 1 is 1.06 bits per heavy atom. The van der Waals surface area contributed by atoms with Gasteiger partial charge in [0.05, 0.1) is 19.2 Å². The number of aliphatic imine (C=N–C) groups is 1. The predicted molar refractivity (Wildman–Crippen MR) is 128 cm³/mol. The minimum atomic E-state index is 0.809. The number of nitrogens with one attached hydrogen (secondary N) is 1. The normalized spacial score (nSPS) is 17.5. The summed E-state index contributed by atoms with van der Waals surface area (Å²) in [5.74, 6) is 2.64. The molecular formula is C23H33N5O2S. The van der Waals surface area contributed by atoms with Gasteiger partial charge in [0.1, 0.15) is 0 Å². The number of thiophene rings is 1. The van der Waals surface area contributed by atoms with Crippen molar-refractivity contribution < 1.29 is 9.47 Å². The molecule has 0 saturated carbocycles. The number of fused-ring (bicyclic) bond motifs is 1. The first-order valence-corrected chi connectivity index (χ1v) is 11.8. The highest BCUT2D eigenvalue weighted by atomic mass is 32.1. The number of rotatable bonds is 6. The second-order valence-corrected chi connectivity index (χ2v) is 8.83. The van der Waals surface area contributed by atoms with Crippen LogP contribution in [-0.2, 0) is 13.0 Å². The molecule has 0 amide bonds. The molecule has 168 valence electrons. The van der Waals surface area contributed by atoms with E-state index in [1.54, 1.807) is 14.2 Å². The summed E-state index contributed by atoms with van der Waals surface area (Å²) in [5.41, 5.74) is 2.69.